The SMILES string of the molecule is CCOCCCNC(=O)[C@H]1C[C@H]2CC[C@H]1C[C@]21NC(=O)c2ccccc2O1. The quantitative estimate of drug-likeness (QED) is 0.752. The number of nitrogens with one attached hydrogen (secondary N) is 2. The minimum absolute atomic E-state index is 0.0131. The highest BCUT2D eigenvalue weighted by Crippen LogP contribution is 2.52. The number of fused-ring (bicyclic) bond motifs is 3. The number of rotatable bonds is 6. The van der Waals surface area contributed by atoms with Crippen LogP contribution < -0.4 is 15.4 Å². The van der Waals surface area contributed by atoms with Gasteiger partial charge in [0.2, 0.25) is 5.91 Å². The largest absolute Gasteiger partial charge is 0.467 e. The topological polar surface area (TPSA) is 76.7 Å². The normalized spacial score (nSPS) is 31.1. The molecule has 2 amide bonds. The van der Waals surface area contributed by atoms with Crippen LogP contribution in [0.15, 0.2) is 24.3 Å². The highest BCUT2D eigenvalue weighted by molar-refractivity contribution is 5.98. The first-order valence-corrected chi connectivity index (χ1v) is 10.1. The van der Waals surface area contributed by atoms with Crippen molar-refractivity contribution < 1.29 is 19.1 Å². The molecule has 0 unspecified atom stereocenters. The van der Waals surface area contributed by atoms with E-state index in [4.69, 9.17) is 9.47 Å². The number of benzene rings is 1. The molecule has 2 bridgehead atoms. The number of hydrogen-bond acceptors (Lipinski definition) is 4. The zero-order valence-electron chi connectivity index (χ0n) is 15.8. The Morgan fingerprint density at radius 2 is 2.22 bits per heavy atom. The molecule has 1 spiro atoms. The number of carbonyl (C=O) groups excluding carboxylic acids is 2. The molecule has 1 aromatic carbocycles. The van der Waals surface area contributed by atoms with E-state index in [1.54, 1.807) is 6.07 Å². The van der Waals surface area contributed by atoms with Gasteiger partial charge in [-0.3, -0.25) is 9.59 Å². The lowest BCUT2D eigenvalue weighted by Crippen LogP contribution is -2.66. The number of amides is 2. The van der Waals surface area contributed by atoms with E-state index in [-0.39, 0.29) is 29.6 Å². The first kappa shape index (κ1) is 18.3. The molecular weight excluding hydrogens is 344 g/mol. The summed E-state index contributed by atoms with van der Waals surface area (Å²) in [7, 11) is 0. The van der Waals surface area contributed by atoms with Crippen LogP contribution in [0.4, 0.5) is 0 Å². The maximum Gasteiger partial charge on any atom is 0.258 e. The van der Waals surface area contributed by atoms with E-state index in [0.29, 0.717) is 37.5 Å². The third kappa shape index (κ3) is 3.43. The van der Waals surface area contributed by atoms with Crippen molar-refractivity contribution in [3.8, 4) is 5.75 Å². The van der Waals surface area contributed by atoms with Crippen molar-refractivity contribution in [1.29, 1.82) is 0 Å². The molecule has 27 heavy (non-hydrogen) atoms. The molecule has 0 saturated heterocycles. The summed E-state index contributed by atoms with van der Waals surface area (Å²) in [6.07, 6.45) is 4.31. The maximum atomic E-state index is 12.7. The first-order valence-electron chi connectivity index (χ1n) is 10.1. The fraction of sp³-hybridized carbons (Fsp3) is 0.619. The Labute approximate surface area is 160 Å². The third-order valence-corrected chi connectivity index (χ3v) is 6.27. The van der Waals surface area contributed by atoms with Crippen molar-refractivity contribution in [2.45, 2.75) is 44.8 Å². The minimum Gasteiger partial charge on any atom is -0.467 e. The maximum absolute atomic E-state index is 12.7. The summed E-state index contributed by atoms with van der Waals surface area (Å²) < 4.78 is 11.7. The van der Waals surface area contributed by atoms with Gasteiger partial charge in [0.25, 0.3) is 5.91 Å². The van der Waals surface area contributed by atoms with Gasteiger partial charge in [0.1, 0.15) is 5.75 Å². The Bertz CT molecular complexity index is 722. The summed E-state index contributed by atoms with van der Waals surface area (Å²) in [4.78, 5) is 25.3. The molecule has 1 aromatic rings. The van der Waals surface area contributed by atoms with Crippen LogP contribution in [-0.4, -0.2) is 37.3 Å². The Hall–Kier alpha value is -2.08. The van der Waals surface area contributed by atoms with Gasteiger partial charge >= 0.3 is 0 Å². The van der Waals surface area contributed by atoms with Crippen LogP contribution in [0.1, 0.15) is 49.4 Å². The summed E-state index contributed by atoms with van der Waals surface area (Å²) in [5, 5.41) is 6.20. The Morgan fingerprint density at radius 1 is 1.37 bits per heavy atom. The molecule has 2 N–H and O–H groups in total. The van der Waals surface area contributed by atoms with E-state index in [9.17, 15) is 9.59 Å². The predicted octanol–water partition coefficient (Wildman–Crippen LogP) is 2.48. The Kier molecular flexibility index (Phi) is 5.08. The van der Waals surface area contributed by atoms with Crippen LogP contribution in [0.3, 0.4) is 0 Å². The van der Waals surface area contributed by atoms with Crippen LogP contribution >= 0.6 is 0 Å². The van der Waals surface area contributed by atoms with Crippen LogP contribution in [0.2, 0.25) is 0 Å². The molecule has 3 fully saturated rings. The average molecular weight is 372 g/mol. The second-order valence-electron chi connectivity index (χ2n) is 7.86. The highest BCUT2D eigenvalue weighted by atomic mass is 16.5. The lowest BCUT2D eigenvalue weighted by atomic mass is 9.60. The summed E-state index contributed by atoms with van der Waals surface area (Å²) in [6, 6.07) is 7.39. The van der Waals surface area contributed by atoms with Gasteiger partial charge in [-0.2, -0.15) is 0 Å². The standard InChI is InChI=1S/C21H28N2O4/c1-2-26-11-5-10-22-19(24)17-12-15-9-8-14(17)13-21(15)23-20(25)16-6-3-4-7-18(16)27-21/h3-4,6-7,14-15,17H,2,5,8-13H2,1H3,(H,22,24)(H,23,25)/t14-,15+,17-,21+/m0/s1. The van der Waals surface area contributed by atoms with E-state index >= 15 is 0 Å². The number of carbonyl (C=O) groups is 2. The number of para-hydroxylation sites is 1. The summed E-state index contributed by atoms with van der Waals surface area (Å²) in [6.45, 7) is 4.00. The second kappa shape index (κ2) is 7.50. The molecule has 4 atom stereocenters. The van der Waals surface area contributed by atoms with E-state index in [2.05, 4.69) is 10.6 Å². The van der Waals surface area contributed by atoms with Crippen molar-refractivity contribution >= 4 is 11.8 Å². The van der Waals surface area contributed by atoms with Crippen LogP contribution in [-0.2, 0) is 9.53 Å². The number of hydrogen-bond donors (Lipinski definition) is 2. The Morgan fingerprint density at radius 3 is 3.00 bits per heavy atom. The van der Waals surface area contributed by atoms with Gasteiger partial charge in [0, 0.05) is 38.0 Å². The fourth-order valence-corrected chi connectivity index (χ4v) is 4.94. The summed E-state index contributed by atoms with van der Waals surface area (Å²) in [5.41, 5.74) is -0.0618. The summed E-state index contributed by atoms with van der Waals surface area (Å²) >= 11 is 0. The van der Waals surface area contributed by atoms with Crippen molar-refractivity contribution in [2.75, 3.05) is 19.8 Å². The van der Waals surface area contributed by atoms with E-state index in [0.717, 1.165) is 25.7 Å². The predicted molar refractivity (Wildman–Crippen MR) is 100 cm³/mol. The lowest BCUT2D eigenvalue weighted by molar-refractivity contribution is -0.146. The van der Waals surface area contributed by atoms with Crippen molar-refractivity contribution in [3.05, 3.63) is 29.8 Å². The van der Waals surface area contributed by atoms with Gasteiger partial charge in [-0.05, 0) is 50.7 Å². The molecule has 146 valence electrons. The van der Waals surface area contributed by atoms with Gasteiger partial charge < -0.3 is 20.1 Å². The third-order valence-electron chi connectivity index (χ3n) is 6.27. The van der Waals surface area contributed by atoms with Gasteiger partial charge in [-0.15, -0.1) is 0 Å². The van der Waals surface area contributed by atoms with Crippen molar-refractivity contribution in [1.82, 2.24) is 10.6 Å². The van der Waals surface area contributed by atoms with Crippen LogP contribution in [0.25, 0.3) is 0 Å². The van der Waals surface area contributed by atoms with Gasteiger partial charge in [-0.25, -0.2) is 0 Å². The molecule has 1 heterocycles. The molecule has 3 saturated carbocycles. The van der Waals surface area contributed by atoms with Crippen molar-refractivity contribution in [2.24, 2.45) is 17.8 Å². The number of ether oxygens (including phenoxy) is 2. The van der Waals surface area contributed by atoms with Gasteiger partial charge in [0.05, 0.1) is 5.56 Å². The fourth-order valence-electron chi connectivity index (χ4n) is 4.94. The smallest absolute Gasteiger partial charge is 0.258 e. The molecule has 1 aliphatic heterocycles. The average Bonchev–Trinajstić information content (AvgIpc) is 2.68. The minimum atomic E-state index is -0.653. The van der Waals surface area contributed by atoms with Crippen LogP contribution in [0, 0.1) is 17.8 Å². The molecule has 3 aliphatic carbocycles. The highest BCUT2D eigenvalue weighted by Gasteiger charge is 2.57. The van der Waals surface area contributed by atoms with Crippen molar-refractivity contribution in [3.63, 3.8) is 0 Å². The Balaban J connectivity index is 1.41. The lowest BCUT2D eigenvalue weighted by Gasteiger charge is -2.55. The zero-order chi connectivity index (χ0) is 18.9. The van der Waals surface area contributed by atoms with E-state index in [1.165, 1.54) is 0 Å². The molecule has 0 radical (unpaired) electrons. The zero-order valence-corrected chi connectivity index (χ0v) is 15.8. The second-order valence-corrected chi connectivity index (χ2v) is 7.86. The molecule has 6 heteroatoms. The first-order chi connectivity index (χ1) is 13.1. The van der Waals surface area contributed by atoms with E-state index < -0.39 is 5.72 Å². The molecule has 5 rings (SSSR count). The van der Waals surface area contributed by atoms with Gasteiger partial charge in [0.15, 0.2) is 5.72 Å². The molecular formula is C21H28N2O4. The monoisotopic (exact) mass is 372 g/mol. The summed E-state index contributed by atoms with van der Waals surface area (Å²) in [5.74, 6) is 1.15. The van der Waals surface area contributed by atoms with Gasteiger partial charge in [-0.1, -0.05) is 12.1 Å². The molecule has 4 aliphatic rings. The molecule has 6 nitrogen and oxygen atoms in total. The van der Waals surface area contributed by atoms with E-state index in [1.807, 2.05) is 25.1 Å². The molecule has 0 aromatic heterocycles. The van der Waals surface area contributed by atoms with Crippen LogP contribution in [0.5, 0.6) is 5.75 Å².